The quantitative estimate of drug-likeness (QED) is 0.827. The zero-order chi connectivity index (χ0) is 12.7. The maximum atomic E-state index is 11.3. The van der Waals surface area contributed by atoms with Crippen LogP contribution in [-0.2, 0) is 13.0 Å². The van der Waals surface area contributed by atoms with E-state index in [2.05, 4.69) is 4.57 Å². The number of carbonyl (C=O) groups is 1. The molecule has 1 aromatic carbocycles. The molecule has 18 heavy (non-hydrogen) atoms. The van der Waals surface area contributed by atoms with Gasteiger partial charge in [-0.1, -0.05) is 0 Å². The summed E-state index contributed by atoms with van der Waals surface area (Å²) in [6.07, 6.45) is 3.94. The van der Waals surface area contributed by atoms with Gasteiger partial charge < -0.3 is 14.4 Å². The minimum Gasteiger partial charge on any atom is -0.504 e. The summed E-state index contributed by atoms with van der Waals surface area (Å²) in [5.74, 6) is 0.479. The summed E-state index contributed by atoms with van der Waals surface area (Å²) in [7, 11) is 1.51. The normalized spacial score (nSPS) is 14.5. The highest BCUT2D eigenvalue weighted by molar-refractivity contribution is 6.04. The predicted molar refractivity (Wildman–Crippen MR) is 68.5 cm³/mol. The van der Waals surface area contributed by atoms with Gasteiger partial charge in [0.1, 0.15) is 0 Å². The van der Waals surface area contributed by atoms with Crippen LogP contribution >= 0.6 is 0 Å². The van der Waals surface area contributed by atoms with Crippen LogP contribution in [0.3, 0.4) is 0 Å². The number of aromatic hydroxyl groups is 1. The summed E-state index contributed by atoms with van der Waals surface area (Å²) in [5.41, 5.74) is 2.57. The van der Waals surface area contributed by atoms with Crippen molar-refractivity contribution in [1.29, 1.82) is 0 Å². The van der Waals surface area contributed by atoms with Crippen LogP contribution in [0, 0.1) is 0 Å². The fraction of sp³-hybridized carbons (Fsp3) is 0.357. The van der Waals surface area contributed by atoms with Crippen molar-refractivity contribution in [2.45, 2.75) is 25.8 Å². The molecule has 94 valence electrons. The van der Waals surface area contributed by atoms with Crippen molar-refractivity contribution in [2.24, 2.45) is 0 Å². The Morgan fingerprint density at radius 3 is 2.94 bits per heavy atom. The first-order valence-corrected chi connectivity index (χ1v) is 6.14. The van der Waals surface area contributed by atoms with Gasteiger partial charge in [-0.05, 0) is 31.4 Å². The third kappa shape index (κ3) is 1.35. The molecule has 1 aliphatic rings. The molecular formula is C14H15NO3. The zero-order valence-electron chi connectivity index (χ0n) is 10.3. The summed E-state index contributed by atoms with van der Waals surface area (Å²) in [5, 5.41) is 10.8. The van der Waals surface area contributed by atoms with Crippen LogP contribution in [0.4, 0.5) is 0 Å². The Morgan fingerprint density at radius 1 is 1.39 bits per heavy atom. The number of rotatable bonds is 2. The molecule has 1 N–H and O–H groups in total. The number of carbonyl (C=O) groups excluding carboxylic acids is 1. The van der Waals surface area contributed by atoms with Crippen molar-refractivity contribution in [3.63, 3.8) is 0 Å². The summed E-state index contributed by atoms with van der Waals surface area (Å²) in [6, 6.07) is 3.66. The Hall–Kier alpha value is -1.97. The molecule has 0 radical (unpaired) electrons. The van der Waals surface area contributed by atoms with E-state index in [4.69, 9.17) is 4.74 Å². The fourth-order valence-corrected chi connectivity index (χ4v) is 2.87. The average molecular weight is 245 g/mol. The number of hydrogen-bond donors (Lipinski definition) is 1. The second-order valence-corrected chi connectivity index (χ2v) is 4.60. The molecule has 3 rings (SSSR count). The van der Waals surface area contributed by atoms with Gasteiger partial charge in [0.25, 0.3) is 0 Å². The molecular weight excluding hydrogens is 230 g/mol. The van der Waals surface area contributed by atoms with Crippen LogP contribution in [0.1, 0.15) is 28.9 Å². The number of methoxy groups -OCH3 is 1. The molecule has 0 atom stereocenters. The van der Waals surface area contributed by atoms with Crippen LogP contribution in [-0.4, -0.2) is 23.1 Å². The van der Waals surface area contributed by atoms with Gasteiger partial charge in [0.15, 0.2) is 17.8 Å². The number of phenols is 1. The van der Waals surface area contributed by atoms with Crippen molar-refractivity contribution >= 4 is 17.2 Å². The van der Waals surface area contributed by atoms with E-state index < -0.39 is 0 Å². The lowest BCUT2D eigenvalue weighted by atomic mass is 10.1. The van der Waals surface area contributed by atoms with Gasteiger partial charge in [0.2, 0.25) is 0 Å². The lowest BCUT2D eigenvalue weighted by molar-refractivity contribution is 0.112. The molecule has 0 unspecified atom stereocenters. The predicted octanol–water partition coefficient (Wildman–Crippen LogP) is 2.50. The highest BCUT2D eigenvalue weighted by Gasteiger charge is 2.22. The lowest BCUT2D eigenvalue weighted by Crippen LogP contribution is -2.10. The molecule has 1 aliphatic heterocycles. The van der Waals surface area contributed by atoms with Gasteiger partial charge in [-0.3, -0.25) is 4.79 Å². The molecule has 2 heterocycles. The summed E-state index contributed by atoms with van der Waals surface area (Å²) < 4.78 is 7.25. The number of ether oxygens (including phenoxy) is 1. The first-order valence-electron chi connectivity index (χ1n) is 6.14. The summed E-state index contributed by atoms with van der Waals surface area (Å²) >= 11 is 0. The maximum absolute atomic E-state index is 11.3. The molecule has 2 aromatic rings. The number of hydrogen-bond acceptors (Lipinski definition) is 3. The molecule has 0 saturated heterocycles. The van der Waals surface area contributed by atoms with Crippen LogP contribution < -0.4 is 4.74 Å². The summed E-state index contributed by atoms with van der Waals surface area (Å²) in [6.45, 7) is 0.908. The Balaban J connectivity index is 2.42. The van der Waals surface area contributed by atoms with Crippen molar-refractivity contribution in [3.05, 3.63) is 23.4 Å². The largest absolute Gasteiger partial charge is 0.504 e. The number of nitrogens with zero attached hydrogens (tertiary/aromatic N) is 1. The van der Waals surface area contributed by atoms with Crippen LogP contribution in [0.15, 0.2) is 12.1 Å². The first kappa shape index (κ1) is 11.1. The highest BCUT2D eigenvalue weighted by Crippen LogP contribution is 2.40. The maximum Gasteiger partial charge on any atom is 0.167 e. The van der Waals surface area contributed by atoms with Crippen molar-refractivity contribution in [3.8, 4) is 11.5 Å². The van der Waals surface area contributed by atoms with Crippen molar-refractivity contribution < 1.29 is 14.6 Å². The highest BCUT2D eigenvalue weighted by atomic mass is 16.5. The summed E-state index contributed by atoms with van der Waals surface area (Å²) in [4.78, 5) is 11.3. The van der Waals surface area contributed by atoms with Gasteiger partial charge >= 0.3 is 0 Å². The van der Waals surface area contributed by atoms with E-state index >= 15 is 0 Å². The number of aryl methyl sites for hydroxylation is 1. The third-order valence-electron chi connectivity index (χ3n) is 3.70. The van der Waals surface area contributed by atoms with Crippen molar-refractivity contribution in [2.75, 3.05) is 7.11 Å². The van der Waals surface area contributed by atoms with E-state index in [-0.39, 0.29) is 5.75 Å². The molecule has 0 fully saturated rings. The smallest absolute Gasteiger partial charge is 0.167 e. The SMILES string of the molecule is COc1ccc2c(c1O)c(C=O)c1n2CCCC1. The van der Waals surface area contributed by atoms with E-state index in [9.17, 15) is 9.90 Å². The molecule has 0 aliphatic carbocycles. The topological polar surface area (TPSA) is 51.5 Å². The number of aromatic nitrogens is 1. The lowest BCUT2D eigenvalue weighted by Gasteiger charge is -2.16. The minimum atomic E-state index is 0.0685. The molecule has 4 nitrogen and oxygen atoms in total. The van der Waals surface area contributed by atoms with Gasteiger partial charge in [0, 0.05) is 17.8 Å². The van der Waals surface area contributed by atoms with E-state index in [1.165, 1.54) is 7.11 Å². The molecule has 1 aromatic heterocycles. The third-order valence-corrected chi connectivity index (χ3v) is 3.70. The number of phenolic OH excluding ortho intramolecular Hbond substituents is 1. The monoisotopic (exact) mass is 245 g/mol. The van der Waals surface area contributed by atoms with Gasteiger partial charge in [-0.15, -0.1) is 0 Å². The molecule has 0 spiro atoms. The van der Waals surface area contributed by atoms with Crippen LogP contribution in [0.25, 0.3) is 10.9 Å². The standard InChI is InChI=1S/C14H15NO3/c1-18-12-6-5-11-13(14(12)17)9(8-16)10-4-2-3-7-15(10)11/h5-6,8,17H,2-4,7H2,1H3. The minimum absolute atomic E-state index is 0.0685. The van der Waals surface area contributed by atoms with E-state index in [0.29, 0.717) is 16.7 Å². The Labute approximate surface area is 105 Å². The Kier molecular flexibility index (Phi) is 2.51. The second-order valence-electron chi connectivity index (χ2n) is 4.60. The van der Waals surface area contributed by atoms with Gasteiger partial charge in [-0.2, -0.15) is 0 Å². The van der Waals surface area contributed by atoms with E-state index in [0.717, 1.165) is 43.3 Å². The second kappa shape index (κ2) is 4.05. The van der Waals surface area contributed by atoms with Crippen LogP contribution in [0.2, 0.25) is 0 Å². The van der Waals surface area contributed by atoms with Crippen molar-refractivity contribution in [1.82, 2.24) is 4.57 Å². The molecule has 0 bridgehead atoms. The average Bonchev–Trinajstić information content (AvgIpc) is 2.74. The molecule has 0 amide bonds. The molecule has 0 saturated carbocycles. The number of fused-ring (bicyclic) bond motifs is 3. The van der Waals surface area contributed by atoms with E-state index in [1.54, 1.807) is 6.07 Å². The Morgan fingerprint density at radius 2 is 2.22 bits per heavy atom. The van der Waals surface area contributed by atoms with Crippen LogP contribution in [0.5, 0.6) is 11.5 Å². The molecule has 4 heteroatoms. The van der Waals surface area contributed by atoms with E-state index in [1.807, 2.05) is 6.07 Å². The van der Waals surface area contributed by atoms with Gasteiger partial charge in [0.05, 0.1) is 18.0 Å². The first-order chi connectivity index (χ1) is 8.77. The number of aldehydes is 1. The van der Waals surface area contributed by atoms with Gasteiger partial charge in [-0.25, -0.2) is 0 Å². The number of benzene rings is 1. The zero-order valence-corrected chi connectivity index (χ0v) is 10.3. The fourth-order valence-electron chi connectivity index (χ4n) is 2.87. The Bertz CT molecular complexity index is 628.